The van der Waals surface area contributed by atoms with Gasteiger partial charge < -0.3 is 10.2 Å². The third kappa shape index (κ3) is 2.24. The van der Waals surface area contributed by atoms with Crippen LogP contribution in [0.4, 0.5) is 11.6 Å². The van der Waals surface area contributed by atoms with Crippen LogP contribution in [0.25, 0.3) is 0 Å². The van der Waals surface area contributed by atoms with Gasteiger partial charge in [0.1, 0.15) is 5.82 Å². The van der Waals surface area contributed by atoms with Crippen LogP contribution >= 0.6 is 23.2 Å². The van der Waals surface area contributed by atoms with Gasteiger partial charge in [0.05, 0.1) is 10.0 Å². The molecule has 0 radical (unpaired) electrons. The van der Waals surface area contributed by atoms with Crippen molar-refractivity contribution in [2.45, 2.75) is 13.1 Å². The Labute approximate surface area is 122 Å². The number of fused-ring (bicyclic) bond motifs is 1. The molecular formula is C14H13Cl2N3. The molecule has 2 aromatic rings. The molecule has 1 aliphatic heterocycles. The van der Waals surface area contributed by atoms with Crippen LogP contribution in [0.5, 0.6) is 0 Å². The second-order valence-electron chi connectivity index (χ2n) is 4.50. The maximum Gasteiger partial charge on any atom is 0.150 e. The van der Waals surface area contributed by atoms with E-state index >= 15 is 0 Å². The van der Waals surface area contributed by atoms with Gasteiger partial charge in [0.15, 0.2) is 5.82 Å². The summed E-state index contributed by atoms with van der Waals surface area (Å²) in [5, 5.41) is 4.09. The summed E-state index contributed by atoms with van der Waals surface area (Å²) in [6.07, 6.45) is 0. The Morgan fingerprint density at radius 3 is 2.32 bits per heavy atom. The molecule has 0 saturated carbocycles. The van der Waals surface area contributed by atoms with Gasteiger partial charge in [0.25, 0.3) is 0 Å². The van der Waals surface area contributed by atoms with Crippen molar-refractivity contribution >= 4 is 34.8 Å². The van der Waals surface area contributed by atoms with E-state index in [-0.39, 0.29) is 0 Å². The van der Waals surface area contributed by atoms with Gasteiger partial charge in [0, 0.05) is 20.1 Å². The highest BCUT2D eigenvalue weighted by Gasteiger charge is 2.22. The minimum atomic E-state index is 0.535. The van der Waals surface area contributed by atoms with Crippen LogP contribution < -0.4 is 10.2 Å². The molecule has 5 heteroatoms. The first-order chi connectivity index (χ1) is 9.19. The molecule has 0 spiro atoms. The van der Waals surface area contributed by atoms with Gasteiger partial charge in [-0.3, -0.25) is 0 Å². The smallest absolute Gasteiger partial charge is 0.150 e. The highest BCUT2D eigenvalue weighted by Crippen LogP contribution is 2.35. The molecular weight excluding hydrogens is 281 g/mol. The van der Waals surface area contributed by atoms with Crippen LogP contribution in [0, 0.1) is 0 Å². The van der Waals surface area contributed by atoms with E-state index in [1.165, 1.54) is 11.1 Å². The number of anilines is 2. The number of rotatable bonds is 2. The molecule has 3 nitrogen and oxygen atoms in total. The van der Waals surface area contributed by atoms with E-state index in [9.17, 15) is 0 Å². The number of hydrogen-bond acceptors (Lipinski definition) is 3. The lowest BCUT2D eigenvalue weighted by Crippen LogP contribution is -2.17. The molecule has 1 aromatic heterocycles. The first-order valence-corrected chi connectivity index (χ1v) is 6.80. The molecule has 3 rings (SSSR count). The first-order valence-electron chi connectivity index (χ1n) is 6.04. The Bertz CT molecular complexity index is 603. The molecule has 0 atom stereocenters. The van der Waals surface area contributed by atoms with Crippen LogP contribution in [0.1, 0.15) is 11.1 Å². The van der Waals surface area contributed by atoms with E-state index < -0.39 is 0 Å². The summed E-state index contributed by atoms with van der Waals surface area (Å²) >= 11 is 12.3. The van der Waals surface area contributed by atoms with Crippen LogP contribution in [-0.2, 0) is 13.1 Å². The van der Waals surface area contributed by atoms with E-state index in [2.05, 4.69) is 39.5 Å². The van der Waals surface area contributed by atoms with Gasteiger partial charge in [-0.15, -0.1) is 0 Å². The van der Waals surface area contributed by atoms with Crippen molar-refractivity contribution in [2.75, 3.05) is 17.3 Å². The molecule has 0 amide bonds. The molecule has 1 N–H and O–H groups in total. The largest absolute Gasteiger partial charge is 0.372 e. The molecule has 0 saturated heterocycles. The summed E-state index contributed by atoms with van der Waals surface area (Å²) in [4.78, 5) is 6.66. The second-order valence-corrected chi connectivity index (χ2v) is 5.31. The Hall–Kier alpha value is -1.45. The number of benzene rings is 1. The molecule has 1 aromatic carbocycles. The molecule has 98 valence electrons. The highest BCUT2D eigenvalue weighted by molar-refractivity contribution is 6.37. The molecule has 0 fully saturated rings. The van der Waals surface area contributed by atoms with Gasteiger partial charge >= 0.3 is 0 Å². The highest BCUT2D eigenvalue weighted by atomic mass is 35.5. The lowest BCUT2D eigenvalue weighted by atomic mass is 10.1. The summed E-state index contributed by atoms with van der Waals surface area (Å²) in [6.45, 7) is 1.65. The summed E-state index contributed by atoms with van der Waals surface area (Å²) in [5.41, 5.74) is 2.64. The van der Waals surface area contributed by atoms with E-state index in [0.717, 1.165) is 18.9 Å². The van der Waals surface area contributed by atoms with E-state index in [0.29, 0.717) is 15.9 Å². The van der Waals surface area contributed by atoms with Gasteiger partial charge in [0.2, 0.25) is 0 Å². The van der Waals surface area contributed by atoms with Gasteiger partial charge in [-0.05, 0) is 17.2 Å². The number of nitrogens with zero attached hydrogens (tertiary/aromatic N) is 2. The van der Waals surface area contributed by atoms with Crippen LogP contribution in [-0.4, -0.2) is 12.0 Å². The minimum absolute atomic E-state index is 0.535. The Kier molecular flexibility index (Phi) is 3.25. The van der Waals surface area contributed by atoms with Crippen molar-refractivity contribution < 1.29 is 0 Å². The van der Waals surface area contributed by atoms with Crippen molar-refractivity contribution in [1.82, 2.24) is 4.98 Å². The fraction of sp³-hybridized carbons (Fsp3) is 0.214. The summed E-state index contributed by atoms with van der Waals surface area (Å²) in [7, 11) is 1.80. The quantitative estimate of drug-likeness (QED) is 0.909. The van der Waals surface area contributed by atoms with Crippen LogP contribution in [0.2, 0.25) is 10.0 Å². The average Bonchev–Trinajstić information content (AvgIpc) is 2.82. The van der Waals surface area contributed by atoms with Gasteiger partial charge in [-0.2, -0.15) is 0 Å². The molecule has 0 bridgehead atoms. The zero-order valence-electron chi connectivity index (χ0n) is 10.5. The molecule has 2 heterocycles. The van der Waals surface area contributed by atoms with Crippen molar-refractivity contribution in [3.63, 3.8) is 0 Å². The maximum atomic E-state index is 6.27. The predicted molar refractivity (Wildman–Crippen MR) is 80.1 cm³/mol. The topological polar surface area (TPSA) is 28.2 Å². The third-order valence-electron chi connectivity index (χ3n) is 3.29. The molecule has 0 aliphatic carbocycles. The number of aromatic nitrogens is 1. The molecule has 19 heavy (non-hydrogen) atoms. The Balaban J connectivity index is 1.97. The number of nitrogens with one attached hydrogen (secondary N) is 1. The number of halogens is 2. The summed E-state index contributed by atoms with van der Waals surface area (Å²) in [6, 6.07) is 10.1. The van der Waals surface area contributed by atoms with E-state index in [4.69, 9.17) is 23.2 Å². The SMILES string of the molecule is CNc1nc(N2Cc3ccccc3C2)c(Cl)cc1Cl. The fourth-order valence-corrected chi connectivity index (χ4v) is 2.91. The summed E-state index contributed by atoms with van der Waals surface area (Å²) in [5.74, 6) is 1.42. The first kappa shape index (κ1) is 12.6. The van der Waals surface area contributed by atoms with Crippen molar-refractivity contribution in [3.05, 3.63) is 51.5 Å². The fourth-order valence-electron chi connectivity index (χ4n) is 2.34. The Morgan fingerprint density at radius 2 is 1.74 bits per heavy atom. The third-order valence-corrected chi connectivity index (χ3v) is 3.85. The average molecular weight is 294 g/mol. The summed E-state index contributed by atoms with van der Waals surface area (Å²) < 4.78 is 0. The predicted octanol–water partition coefficient (Wildman–Crippen LogP) is 3.95. The number of pyridine rings is 1. The van der Waals surface area contributed by atoms with Crippen molar-refractivity contribution in [1.29, 1.82) is 0 Å². The van der Waals surface area contributed by atoms with E-state index in [1.807, 2.05) is 0 Å². The lowest BCUT2D eigenvalue weighted by Gasteiger charge is -2.19. The minimum Gasteiger partial charge on any atom is -0.372 e. The van der Waals surface area contributed by atoms with Gasteiger partial charge in [-0.1, -0.05) is 47.5 Å². The normalized spacial score (nSPS) is 13.5. The Morgan fingerprint density at radius 1 is 1.11 bits per heavy atom. The van der Waals surface area contributed by atoms with E-state index in [1.54, 1.807) is 13.1 Å². The van der Waals surface area contributed by atoms with Crippen LogP contribution in [0.3, 0.4) is 0 Å². The maximum absolute atomic E-state index is 6.27. The monoisotopic (exact) mass is 293 g/mol. The zero-order chi connectivity index (χ0) is 13.4. The van der Waals surface area contributed by atoms with Crippen LogP contribution in [0.15, 0.2) is 30.3 Å². The number of hydrogen-bond donors (Lipinski definition) is 1. The lowest BCUT2D eigenvalue weighted by molar-refractivity contribution is 0.858. The van der Waals surface area contributed by atoms with Gasteiger partial charge in [-0.25, -0.2) is 4.98 Å². The molecule has 1 aliphatic rings. The standard InChI is InChI=1S/C14H13Cl2N3/c1-17-13-11(15)6-12(16)14(18-13)19-7-9-4-2-3-5-10(9)8-19/h2-6H,7-8H2,1H3,(H,17,18). The van der Waals surface area contributed by atoms with Crippen molar-refractivity contribution in [2.24, 2.45) is 0 Å². The zero-order valence-corrected chi connectivity index (χ0v) is 12.0. The van der Waals surface area contributed by atoms with Crippen molar-refractivity contribution in [3.8, 4) is 0 Å². The second kappa shape index (κ2) is 4.91. The molecule has 0 unspecified atom stereocenters.